The lowest BCUT2D eigenvalue weighted by Crippen LogP contribution is -2.15. The lowest BCUT2D eigenvalue weighted by molar-refractivity contribution is 0.589. The van der Waals surface area contributed by atoms with Crippen LogP contribution in [0.3, 0.4) is 0 Å². The number of aryl methyl sites for hydroxylation is 2. The van der Waals surface area contributed by atoms with E-state index in [0.29, 0.717) is 0 Å². The zero-order chi connectivity index (χ0) is 48.2. The van der Waals surface area contributed by atoms with Gasteiger partial charge in [-0.1, -0.05) is 132 Å². The van der Waals surface area contributed by atoms with Crippen molar-refractivity contribution in [2.45, 2.75) is 119 Å². The molecule has 0 atom stereocenters. The number of anilines is 6. The number of hydrogen-bond acceptors (Lipinski definition) is 4. The van der Waals surface area contributed by atoms with Crippen LogP contribution in [0.25, 0.3) is 54.6 Å². The van der Waals surface area contributed by atoms with Crippen molar-refractivity contribution in [2.75, 3.05) is 9.80 Å². The van der Waals surface area contributed by atoms with Crippen LogP contribution in [-0.4, -0.2) is 0 Å². The van der Waals surface area contributed by atoms with Gasteiger partial charge in [0, 0.05) is 67.8 Å². The zero-order valence-electron chi connectivity index (χ0n) is 42.6. The molecule has 0 fully saturated rings. The second-order valence-electron chi connectivity index (χ2n) is 23.4. The van der Waals surface area contributed by atoms with Crippen LogP contribution in [0.4, 0.5) is 34.1 Å². The minimum absolute atomic E-state index is 0.0547. The van der Waals surface area contributed by atoms with Crippen molar-refractivity contribution in [1.29, 1.82) is 0 Å². The highest BCUT2D eigenvalue weighted by Gasteiger charge is 2.24. The average Bonchev–Trinajstić information content (AvgIpc) is 3.81. The Kier molecular flexibility index (Phi) is 10.5. The molecule has 0 spiro atoms. The highest BCUT2D eigenvalue weighted by molar-refractivity contribution is 6.15. The quantitative estimate of drug-likeness (QED) is 0.166. The Morgan fingerprint density at radius 1 is 0.294 bits per heavy atom. The van der Waals surface area contributed by atoms with Crippen LogP contribution in [0.2, 0.25) is 0 Å². The molecular formula is C64H66N2O2. The summed E-state index contributed by atoms with van der Waals surface area (Å²) in [4.78, 5) is 4.74. The molecule has 0 saturated carbocycles. The van der Waals surface area contributed by atoms with Crippen molar-refractivity contribution >= 4 is 88.8 Å². The van der Waals surface area contributed by atoms with E-state index in [-0.39, 0.29) is 21.7 Å². The summed E-state index contributed by atoms with van der Waals surface area (Å²) in [6.45, 7) is 31.7. The molecule has 0 amide bonds. The molecule has 0 saturated heterocycles. The normalized spacial score (nSPS) is 12.9. The van der Waals surface area contributed by atoms with Crippen molar-refractivity contribution in [2.24, 2.45) is 0 Å². The van der Waals surface area contributed by atoms with Crippen molar-refractivity contribution < 1.29 is 8.83 Å². The van der Waals surface area contributed by atoms with Gasteiger partial charge in [0.25, 0.3) is 0 Å². The van der Waals surface area contributed by atoms with Gasteiger partial charge in [0.1, 0.15) is 22.3 Å². The Hall–Kier alpha value is -6.78. The van der Waals surface area contributed by atoms with Gasteiger partial charge in [-0.15, -0.1) is 0 Å². The van der Waals surface area contributed by atoms with Crippen LogP contribution < -0.4 is 9.80 Å². The Labute approximate surface area is 403 Å². The molecule has 0 aliphatic carbocycles. The molecule has 68 heavy (non-hydrogen) atoms. The van der Waals surface area contributed by atoms with E-state index in [1.807, 2.05) is 0 Å². The van der Waals surface area contributed by atoms with Crippen molar-refractivity contribution in [1.82, 2.24) is 0 Å². The Balaban J connectivity index is 1.05. The van der Waals surface area contributed by atoms with Gasteiger partial charge in [-0.05, 0) is 165 Å². The van der Waals surface area contributed by atoms with Crippen LogP contribution in [0.1, 0.15) is 116 Å². The van der Waals surface area contributed by atoms with Gasteiger partial charge >= 0.3 is 0 Å². The molecule has 0 aliphatic heterocycles. The largest absolute Gasteiger partial charge is 0.456 e. The van der Waals surface area contributed by atoms with E-state index in [2.05, 4.69) is 252 Å². The fourth-order valence-corrected chi connectivity index (χ4v) is 9.87. The summed E-state index contributed by atoms with van der Waals surface area (Å²) in [6.07, 6.45) is 0. The number of furan rings is 2. The average molecular weight is 895 g/mol. The highest BCUT2D eigenvalue weighted by Crippen LogP contribution is 2.45. The molecule has 0 unspecified atom stereocenters. The van der Waals surface area contributed by atoms with E-state index in [1.165, 1.54) is 33.4 Å². The SMILES string of the molecule is Cc1cc(C(C)(C)C)ccc1N(c1ccc(C(C)(C)C)cc1)c1ccc2c(c1)oc1cc3cc4oc5cc(N(c6ccc(C(C)(C)C)cc6)c6ccc(C(C)(C)C)cc6C)ccc5c4cc3cc12. The van der Waals surface area contributed by atoms with E-state index in [9.17, 15) is 0 Å². The van der Waals surface area contributed by atoms with E-state index >= 15 is 0 Å². The van der Waals surface area contributed by atoms with Crippen LogP contribution in [0.5, 0.6) is 0 Å². The number of benzene rings is 8. The van der Waals surface area contributed by atoms with Crippen molar-refractivity contribution in [3.8, 4) is 0 Å². The molecule has 10 aromatic rings. The molecule has 0 bridgehead atoms. The van der Waals surface area contributed by atoms with Crippen LogP contribution in [0.15, 0.2) is 154 Å². The molecule has 0 aliphatic rings. The molecule has 8 aromatic carbocycles. The Bertz CT molecular complexity index is 3320. The smallest absolute Gasteiger partial charge is 0.137 e. The Morgan fingerprint density at radius 3 is 0.941 bits per heavy atom. The first kappa shape index (κ1) is 45.0. The van der Waals surface area contributed by atoms with Crippen LogP contribution in [-0.2, 0) is 21.7 Å². The second-order valence-corrected chi connectivity index (χ2v) is 23.4. The lowest BCUT2D eigenvalue weighted by Gasteiger charge is -2.29. The number of fused-ring (bicyclic) bond motifs is 7. The molecule has 2 aromatic heterocycles. The standard InChI is InChI=1S/C64H66N2O2/c1-39-31-45(63(9,10)11)19-29-55(39)65(47-21-15-43(16-22-47)61(3,4)5)49-25-27-51-53-33-41-34-54-52-28-26-50(38-60(52)68-58(54)36-42(41)35-57(53)67-59(51)37-49)66(48-23-17-44(18-24-48)62(6,7)8)56-30-20-46(32-40(56)2)64(12,13)14/h15-38H,1-14H3. The zero-order valence-corrected chi connectivity index (χ0v) is 42.6. The first-order chi connectivity index (χ1) is 32.0. The van der Waals surface area contributed by atoms with Gasteiger partial charge in [0.2, 0.25) is 0 Å². The first-order valence-electron chi connectivity index (χ1n) is 24.3. The van der Waals surface area contributed by atoms with E-state index in [4.69, 9.17) is 8.83 Å². The number of nitrogens with zero attached hydrogens (tertiary/aromatic N) is 2. The summed E-state index contributed by atoms with van der Waals surface area (Å²) in [5.74, 6) is 0. The third-order valence-corrected chi connectivity index (χ3v) is 14.1. The van der Waals surface area contributed by atoms with Crippen LogP contribution >= 0.6 is 0 Å². The minimum Gasteiger partial charge on any atom is -0.456 e. The summed E-state index contributed by atoms with van der Waals surface area (Å²) in [5.41, 5.74) is 18.0. The Morgan fingerprint density at radius 2 is 0.603 bits per heavy atom. The fraction of sp³-hybridized carbons (Fsp3) is 0.281. The predicted molar refractivity (Wildman–Crippen MR) is 292 cm³/mol. The van der Waals surface area contributed by atoms with Crippen LogP contribution in [0, 0.1) is 13.8 Å². The second kappa shape index (κ2) is 15.9. The third kappa shape index (κ3) is 8.12. The maximum Gasteiger partial charge on any atom is 0.137 e. The molecule has 4 nitrogen and oxygen atoms in total. The molecule has 2 heterocycles. The van der Waals surface area contributed by atoms with Gasteiger partial charge in [-0.25, -0.2) is 0 Å². The van der Waals surface area contributed by atoms with Gasteiger partial charge in [0.15, 0.2) is 0 Å². The molecular weight excluding hydrogens is 829 g/mol. The van der Waals surface area contributed by atoms with Gasteiger partial charge < -0.3 is 18.6 Å². The monoisotopic (exact) mass is 895 g/mol. The van der Waals surface area contributed by atoms with Gasteiger partial charge in [-0.2, -0.15) is 0 Å². The van der Waals surface area contributed by atoms with Crippen molar-refractivity contribution in [3.05, 3.63) is 179 Å². The highest BCUT2D eigenvalue weighted by atomic mass is 16.3. The van der Waals surface area contributed by atoms with Gasteiger partial charge in [0.05, 0.1) is 0 Å². The molecule has 10 rings (SSSR count). The predicted octanol–water partition coefficient (Wildman–Crippen LogP) is 19.4. The van der Waals surface area contributed by atoms with Crippen molar-refractivity contribution in [3.63, 3.8) is 0 Å². The number of hydrogen-bond donors (Lipinski definition) is 0. The van der Waals surface area contributed by atoms with E-state index in [1.54, 1.807) is 0 Å². The summed E-state index contributed by atoms with van der Waals surface area (Å²) < 4.78 is 13.6. The molecule has 0 radical (unpaired) electrons. The fourth-order valence-electron chi connectivity index (χ4n) is 9.87. The summed E-state index contributed by atoms with van der Waals surface area (Å²) in [7, 11) is 0. The molecule has 344 valence electrons. The summed E-state index contributed by atoms with van der Waals surface area (Å²) >= 11 is 0. The number of rotatable bonds is 6. The van der Waals surface area contributed by atoms with E-state index < -0.39 is 0 Å². The maximum atomic E-state index is 6.78. The topological polar surface area (TPSA) is 32.8 Å². The minimum atomic E-state index is 0.0547. The summed E-state index contributed by atoms with van der Waals surface area (Å²) in [5, 5.41) is 6.61. The lowest BCUT2D eigenvalue weighted by atomic mass is 9.85. The molecule has 4 heteroatoms. The van der Waals surface area contributed by atoms with Gasteiger partial charge in [-0.3, -0.25) is 0 Å². The third-order valence-electron chi connectivity index (χ3n) is 14.1. The molecule has 0 N–H and O–H groups in total. The maximum absolute atomic E-state index is 6.78. The first-order valence-corrected chi connectivity index (χ1v) is 24.3. The van der Waals surface area contributed by atoms with E-state index in [0.717, 1.165) is 88.8 Å². The summed E-state index contributed by atoms with van der Waals surface area (Å²) in [6, 6.07) is 54.1.